The van der Waals surface area contributed by atoms with Crippen LogP contribution in [0.4, 0.5) is 0 Å². The molecule has 0 amide bonds. The zero-order chi connectivity index (χ0) is 15.5. The Kier molecular flexibility index (Phi) is 5.82. The van der Waals surface area contributed by atoms with Crippen LogP contribution in [0.1, 0.15) is 50.1 Å². The lowest BCUT2D eigenvalue weighted by Crippen LogP contribution is -2.39. The van der Waals surface area contributed by atoms with Crippen LogP contribution in [-0.4, -0.2) is 37.6 Å². The van der Waals surface area contributed by atoms with Crippen LogP contribution in [0.3, 0.4) is 0 Å². The molecule has 0 bridgehead atoms. The van der Waals surface area contributed by atoms with E-state index in [0.29, 0.717) is 12.6 Å². The molecule has 6 heteroatoms. The van der Waals surface area contributed by atoms with E-state index in [1.807, 2.05) is 6.92 Å². The average molecular weight is 331 g/mol. The first-order valence-corrected chi connectivity index (χ1v) is 10.2. The van der Waals surface area contributed by atoms with Crippen molar-refractivity contribution in [2.45, 2.75) is 52.1 Å². The maximum absolute atomic E-state index is 12.5. The van der Waals surface area contributed by atoms with E-state index in [2.05, 4.69) is 30.6 Å². The van der Waals surface area contributed by atoms with Gasteiger partial charge < -0.3 is 5.32 Å². The van der Waals surface area contributed by atoms with Gasteiger partial charge in [-0.15, -0.1) is 11.3 Å². The van der Waals surface area contributed by atoms with E-state index >= 15 is 0 Å². The summed E-state index contributed by atoms with van der Waals surface area (Å²) in [6, 6.07) is 2.51. The van der Waals surface area contributed by atoms with Crippen LogP contribution < -0.4 is 5.32 Å². The molecule has 1 N–H and O–H groups in total. The molecule has 2 rings (SSSR count). The Hall–Kier alpha value is -0.430. The summed E-state index contributed by atoms with van der Waals surface area (Å²) in [6.45, 7) is 7.72. The normalized spacial score (nSPS) is 19.9. The lowest BCUT2D eigenvalue weighted by atomic mass is 10.0. The minimum Gasteiger partial charge on any atom is -0.315 e. The summed E-state index contributed by atoms with van der Waals surface area (Å²) < 4.78 is 26.8. The van der Waals surface area contributed by atoms with Crippen molar-refractivity contribution in [3.63, 3.8) is 0 Å². The largest absolute Gasteiger partial charge is 0.315 e. The molecule has 0 fully saturated rings. The SMILES string of the molecule is CC(C)NCCCCS(=O)(=O)N1CCc2sccc2C1C. The fraction of sp³-hybridized carbons (Fsp3) is 0.733. The van der Waals surface area contributed by atoms with Gasteiger partial charge in [-0.2, -0.15) is 4.31 Å². The van der Waals surface area contributed by atoms with Gasteiger partial charge in [-0.05, 0) is 49.7 Å². The molecular formula is C15H26N2O2S2. The second-order valence-corrected chi connectivity index (χ2v) is 9.01. The van der Waals surface area contributed by atoms with Crippen LogP contribution in [0.2, 0.25) is 0 Å². The minimum absolute atomic E-state index is 0.0150. The molecule has 0 spiro atoms. The third-order valence-corrected chi connectivity index (χ3v) is 6.97. The topological polar surface area (TPSA) is 49.4 Å². The number of rotatable bonds is 7. The first-order chi connectivity index (χ1) is 9.92. The quantitative estimate of drug-likeness (QED) is 0.782. The first kappa shape index (κ1) is 16.9. The third kappa shape index (κ3) is 4.28. The van der Waals surface area contributed by atoms with Gasteiger partial charge in [0.15, 0.2) is 0 Å². The maximum atomic E-state index is 12.5. The van der Waals surface area contributed by atoms with Crippen molar-refractivity contribution in [3.8, 4) is 0 Å². The summed E-state index contributed by atoms with van der Waals surface area (Å²) in [5, 5.41) is 5.39. The molecule has 1 atom stereocenters. The second-order valence-electron chi connectivity index (χ2n) is 5.97. The van der Waals surface area contributed by atoms with Crippen molar-refractivity contribution >= 4 is 21.4 Å². The molecule has 21 heavy (non-hydrogen) atoms. The Morgan fingerprint density at radius 1 is 1.43 bits per heavy atom. The van der Waals surface area contributed by atoms with Gasteiger partial charge in [-0.1, -0.05) is 13.8 Å². The van der Waals surface area contributed by atoms with Gasteiger partial charge in [0.05, 0.1) is 5.75 Å². The molecular weight excluding hydrogens is 304 g/mol. The minimum atomic E-state index is -3.14. The molecule has 1 aromatic rings. The van der Waals surface area contributed by atoms with Crippen molar-refractivity contribution in [1.82, 2.24) is 9.62 Å². The van der Waals surface area contributed by atoms with Crippen LogP contribution in [0.25, 0.3) is 0 Å². The van der Waals surface area contributed by atoms with E-state index in [1.54, 1.807) is 15.6 Å². The molecule has 1 aliphatic heterocycles. The van der Waals surface area contributed by atoms with E-state index in [4.69, 9.17) is 0 Å². The van der Waals surface area contributed by atoms with Gasteiger partial charge in [0, 0.05) is 23.5 Å². The first-order valence-electron chi connectivity index (χ1n) is 7.71. The molecule has 0 saturated heterocycles. The van der Waals surface area contributed by atoms with Gasteiger partial charge >= 0.3 is 0 Å². The van der Waals surface area contributed by atoms with Gasteiger partial charge in [0.25, 0.3) is 0 Å². The predicted octanol–water partition coefficient (Wildman–Crippen LogP) is 2.78. The van der Waals surface area contributed by atoms with Gasteiger partial charge in [0.2, 0.25) is 10.0 Å². The van der Waals surface area contributed by atoms with Crippen molar-refractivity contribution in [3.05, 3.63) is 21.9 Å². The van der Waals surface area contributed by atoms with Crippen molar-refractivity contribution in [2.24, 2.45) is 0 Å². The highest BCUT2D eigenvalue weighted by Crippen LogP contribution is 2.34. The van der Waals surface area contributed by atoms with E-state index in [9.17, 15) is 8.42 Å². The summed E-state index contributed by atoms with van der Waals surface area (Å²) >= 11 is 1.74. The molecule has 0 aliphatic carbocycles. The summed E-state index contributed by atoms with van der Waals surface area (Å²) in [5.41, 5.74) is 1.19. The molecule has 2 heterocycles. The number of hydrogen-bond donors (Lipinski definition) is 1. The van der Waals surface area contributed by atoms with Gasteiger partial charge in [0.1, 0.15) is 0 Å². The Labute approximate surface area is 132 Å². The van der Waals surface area contributed by atoms with E-state index in [0.717, 1.165) is 25.8 Å². The fourth-order valence-corrected chi connectivity index (χ4v) is 5.51. The van der Waals surface area contributed by atoms with E-state index < -0.39 is 10.0 Å². The monoisotopic (exact) mass is 330 g/mol. The number of unbranched alkanes of at least 4 members (excludes halogenated alkanes) is 1. The average Bonchev–Trinajstić information content (AvgIpc) is 2.87. The highest BCUT2D eigenvalue weighted by atomic mass is 32.2. The summed E-state index contributed by atoms with van der Waals surface area (Å²) in [7, 11) is -3.14. The third-order valence-electron chi connectivity index (χ3n) is 3.96. The predicted molar refractivity (Wildman–Crippen MR) is 89.3 cm³/mol. The molecule has 1 aliphatic rings. The van der Waals surface area contributed by atoms with Crippen LogP contribution in [-0.2, 0) is 16.4 Å². The lowest BCUT2D eigenvalue weighted by molar-refractivity contribution is 0.328. The summed E-state index contributed by atoms with van der Waals surface area (Å²) in [6.07, 6.45) is 2.48. The number of sulfonamides is 1. The molecule has 4 nitrogen and oxygen atoms in total. The number of nitrogens with zero attached hydrogens (tertiary/aromatic N) is 1. The van der Waals surface area contributed by atoms with E-state index in [-0.39, 0.29) is 11.8 Å². The lowest BCUT2D eigenvalue weighted by Gasteiger charge is -2.32. The van der Waals surface area contributed by atoms with Crippen molar-refractivity contribution in [1.29, 1.82) is 0 Å². The molecule has 120 valence electrons. The molecule has 0 aromatic carbocycles. The van der Waals surface area contributed by atoms with Crippen molar-refractivity contribution in [2.75, 3.05) is 18.8 Å². The number of nitrogens with one attached hydrogen (secondary N) is 1. The smallest absolute Gasteiger partial charge is 0.214 e. The highest BCUT2D eigenvalue weighted by Gasteiger charge is 2.32. The van der Waals surface area contributed by atoms with Gasteiger partial charge in [-0.3, -0.25) is 0 Å². The Bertz CT molecular complexity index is 552. The molecule has 1 unspecified atom stereocenters. The molecule has 0 radical (unpaired) electrons. The van der Waals surface area contributed by atoms with Gasteiger partial charge in [-0.25, -0.2) is 8.42 Å². The number of thiophene rings is 1. The zero-order valence-electron chi connectivity index (χ0n) is 13.1. The zero-order valence-corrected chi connectivity index (χ0v) is 14.8. The van der Waals surface area contributed by atoms with E-state index in [1.165, 1.54) is 10.4 Å². The second kappa shape index (κ2) is 7.22. The van der Waals surface area contributed by atoms with Crippen LogP contribution >= 0.6 is 11.3 Å². The standard InChI is InChI=1S/C15H26N2O2S2/c1-12(2)16-8-4-5-11-21(18,19)17-9-6-15-14(13(17)3)7-10-20-15/h7,10,12-13,16H,4-6,8-9,11H2,1-3H3. The molecule has 1 aromatic heterocycles. The van der Waals surface area contributed by atoms with Crippen LogP contribution in [0, 0.1) is 0 Å². The number of fused-ring (bicyclic) bond motifs is 1. The van der Waals surface area contributed by atoms with Crippen LogP contribution in [0.15, 0.2) is 11.4 Å². The summed E-state index contributed by atoms with van der Waals surface area (Å²) in [4.78, 5) is 1.34. The number of hydrogen-bond acceptors (Lipinski definition) is 4. The Morgan fingerprint density at radius 3 is 2.90 bits per heavy atom. The Morgan fingerprint density at radius 2 is 2.19 bits per heavy atom. The Balaban J connectivity index is 1.88. The highest BCUT2D eigenvalue weighted by molar-refractivity contribution is 7.89. The molecule has 0 saturated carbocycles. The van der Waals surface area contributed by atoms with Crippen LogP contribution in [0.5, 0.6) is 0 Å². The fourth-order valence-electron chi connectivity index (χ4n) is 2.78. The van der Waals surface area contributed by atoms with Crippen molar-refractivity contribution < 1.29 is 8.42 Å². The summed E-state index contributed by atoms with van der Waals surface area (Å²) in [5.74, 6) is 0.261. The maximum Gasteiger partial charge on any atom is 0.214 e.